The molecule has 0 fully saturated rings. The molecule has 0 unspecified atom stereocenters. The molecular weight excluding hydrogens is 278 g/mol. The first kappa shape index (κ1) is 15.0. The van der Waals surface area contributed by atoms with Gasteiger partial charge in [-0.25, -0.2) is 0 Å². The Morgan fingerprint density at radius 3 is 3.05 bits per heavy atom. The third-order valence-electron chi connectivity index (χ3n) is 2.54. The van der Waals surface area contributed by atoms with Crippen LogP contribution in [0, 0.1) is 5.92 Å². The lowest BCUT2D eigenvalue weighted by Gasteiger charge is -2.03. The van der Waals surface area contributed by atoms with Crippen LogP contribution < -0.4 is 0 Å². The van der Waals surface area contributed by atoms with Crippen LogP contribution >= 0.6 is 11.8 Å². The van der Waals surface area contributed by atoms with Gasteiger partial charge in [0.15, 0.2) is 11.0 Å². The van der Waals surface area contributed by atoms with E-state index >= 15 is 0 Å². The van der Waals surface area contributed by atoms with Crippen molar-refractivity contribution >= 4 is 11.8 Å². The number of ether oxygens (including phenoxy) is 1. The molecule has 8 heteroatoms. The minimum absolute atomic E-state index is 0.507. The molecule has 2 aromatic rings. The Bertz CT molecular complexity index is 525. The van der Waals surface area contributed by atoms with Crippen LogP contribution in [0.4, 0.5) is 0 Å². The maximum absolute atomic E-state index is 5.20. The van der Waals surface area contributed by atoms with E-state index in [-0.39, 0.29) is 0 Å². The van der Waals surface area contributed by atoms with Gasteiger partial charge in [-0.05, 0) is 5.92 Å². The third kappa shape index (κ3) is 4.31. The maximum Gasteiger partial charge on any atom is 0.226 e. The van der Waals surface area contributed by atoms with E-state index in [0.29, 0.717) is 30.0 Å². The maximum atomic E-state index is 5.20. The van der Waals surface area contributed by atoms with Crippen LogP contribution in [0.3, 0.4) is 0 Å². The van der Waals surface area contributed by atoms with Gasteiger partial charge in [-0.15, -0.1) is 10.2 Å². The molecular formula is C12H19N5O2S. The zero-order valence-corrected chi connectivity index (χ0v) is 12.8. The Kier molecular flexibility index (Phi) is 5.54. The topological polar surface area (TPSA) is 78.9 Å². The summed E-state index contributed by atoms with van der Waals surface area (Å²) in [5, 5.41) is 12.8. The molecule has 0 atom stereocenters. The van der Waals surface area contributed by atoms with E-state index in [2.05, 4.69) is 34.2 Å². The van der Waals surface area contributed by atoms with Crippen LogP contribution in [0.1, 0.15) is 25.6 Å². The number of methoxy groups -OCH3 is 1. The fraction of sp³-hybridized carbons (Fsp3) is 0.667. The second-order valence-corrected chi connectivity index (χ2v) is 5.73. The Labute approximate surface area is 122 Å². The highest BCUT2D eigenvalue weighted by Crippen LogP contribution is 2.19. The molecule has 20 heavy (non-hydrogen) atoms. The number of nitrogens with zero attached hydrogens (tertiary/aromatic N) is 5. The minimum Gasteiger partial charge on any atom is -0.383 e. The highest BCUT2D eigenvalue weighted by Gasteiger charge is 2.11. The molecule has 0 amide bonds. The lowest BCUT2D eigenvalue weighted by atomic mass is 10.1. The van der Waals surface area contributed by atoms with Crippen LogP contribution in [0.25, 0.3) is 0 Å². The molecule has 2 rings (SSSR count). The van der Waals surface area contributed by atoms with Gasteiger partial charge in [0.2, 0.25) is 5.89 Å². The minimum atomic E-state index is 0.507. The van der Waals surface area contributed by atoms with Crippen molar-refractivity contribution in [2.45, 2.75) is 37.7 Å². The number of aromatic nitrogens is 5. The summed E-state index contributed by atoms with van der Waals surface area (Å²) in [6, 6.07) is 0. The molecule has 0 aliphatic rings. The summed E-state index contributed by atoms with van der Waals surface area (Å²) in [6.45, 7) is 5.61. The summed E-state index contributed by atoms with van der Waals surface area (Å²) in [5.41, 5.74) is 0. The molecule has 0 aromatic carbocycles. The van der Waals surface area contributed by atoms with Crippen molar-refractivity contribution in [1.29, 1.82) is 0 Å². The summed E-state index contributed by atoms with van der Waals surface area (Å²) in [4.78, 5) is 4.36. The van der Waals surface area contributed by atoms with Crippen LogP contribution in [0.5, 0.6) is 0 Å². The van der Waals surface area contributed by atoms with Gasteiger partial charge in [0, 0.05) is 20.1 Å². The van der Waals surface area contributed by atoms with E-state index in [1.165, 1.54) is 11.8 Å². The lowest BCUT2D eigenvalue weighted by Crippen LogP contribution is -2.04. The van der Waals surface area contributed by atoms with Crippen molar-refractivity contribution in [3.8, 4) is 0 Å². The predicted molar refractivity (Wildman–Crippen MR) is 74.3 cm³/mol. The second-order valence-electron chi connectivity index (χ2n) is 4.79. The zero-order valence-electron chi connectivity index (χ0n) is 11.9. The lowest BCUT2D eigenvalue weighted by molar-refractivity contribution is 0.184. The molecule has 0 N–H and O–H groups in total. The first-order valence-corrected chi connectivity index (χ1v) is 7.48. The fourth-order valence-electron chi connectivity index (χ4n) is 1.61. The molecule has 2 heterocycles. The molecule has 0 saturated heterocycles. The summed E-state index contributed by atoms with van der Waals surface area (Å²) < 4.78 is 12.2. The summed E-state index contributed by atoms with van der Waals surface area (Å²) in [7, 11) is 1.67. The molecule has 2 aromatic heterocycles. The first-order valence-electron chi connectivity index (χ1n) is 6.50. The average Bonchev–Trinajstić information content (AvgIpc) is 3.02. The highest BCUT2D eigenvalue weighted by molar-refractivity contribution is 7.98. The number of hydrogen-bond donors (Lipinski definition) is 0. The monoisotopic (exact) mass is 297 g/mol. The summed E-state index contributed by atoms with van der Waals surface area (Å²) >= 11 is 1.54. The number of rotatable bonds is 8. The van der Waals surface area contributed by atoms with Crippen molar-refractivity contribution < 1.29 is 9.26 Å². The average molecular weight is 297 g/mol. The third-order valence-corrected chi connectivity index (χ3v) is 3.52. The Balaban J connectivity index is 1.88. The zero-order chi connectivity index (χ0) is 14.4. The quantitative estimate of drug-likeness (QED) is 0.687. The van der Waals surface area contributed by atoms with Gasteiger partial charge < -0.3 is 13.8 Å². The van der Waals surface area contributed by atoms with Gasteiger partial charge in [-0.2, -0.15) is 4.98 Å². The Morgan fingerprint density at radius 2 is 2.30 bits per heavy atom. The van der Waals surface area contributed by atoms with Gasteiger partial charge in [0.25, 0.3) is 0 Å². The largest absolute Gasteiger partial charge is 0.383 e. The van der Waals surface area contributed by atoms with Crippen molar-refractivity contribution in [3.05, 3.63) is 18.0 Å². The molecule has 0 saturated carbocycles. The number of hydrogen-bond acceptors (Lipinski definition) is 7. The van der Waals surface area contributed by atoms with Crippen molar-refractivity contribution in [1.82, 2.24) is 24.9 Å². The Morgan fingerprint density at radius 1 is 1.45 bits per heavy atom. The molecule has 0 aliphatic heterocycles. The summed E-state index contributed by atoms with van der Waals surface area (Å²) in [5.74, 6) is 2.50. The molecule has 0 bridgehead atoms. The van der Waals surface area contributed by atoms with E-state index in [4.69, 9.17) is 9.26 Å². The molecule has 0 spiro atoms. The van der Waals surface area contributed by atoms with Gasteiger partial charge >= 0.3 is 0 Å². The normalized spacial score (nSPS) is 11.4. The van der Waals surface area contributed by atoms with Gasteiger partial charge in [-0.1, -0.05) is 30.8 Å². The van der Waals surface area contributed by atoms with E-state index in [1.807, 2.05) is 4.57 Å². The van der Waals surface area contributed by atoms with Crippen molar-refractivity contribution in [2.24, 2.45) is 5.92 Å². The molecule has 0 radical (unpaired) electrons. The van der Waals surface area contributed by atoms with Crippen molar-refractivity contribution in [3.63, 3.8) is 0 Å². The van der Waals surface area contributed by atoms with Crippen LogP contribution in [-0.2, 0) is 23.5 Å². The van der Waals surface area contributed by atoms with E-state index in [1.54, 1.807) is 13.4 Å². The van der Waals surface area contributed by atoms with E-state index in [9.17, 15) is 0 Å². The predicted octanol–water partition coefficient (Wildman–Crippen LogP) is 1.80. The SMILES string of the molecule is COCCn1cnnc1SCc1noc(CC(C)C)n1. The van der Waals surface area contributed by atoms with Crippen molar-refractivity contribution in [2.75, 3.05) is 13.7 Å². The fourth-order valence-corrected chi connectivity index (χ4v) is 2.39. The van der Waals surface area contributed by atoms with E-state index in [0.717, 1.165) is 18.1 Å². The molecule has 110 valence electrons. The smallest absolute Gasteiger partial charge is 0.226 e. The van der Waals surface area contributed by atoms with Gasteiger partial charge in [0.1, 0.15) is 6.33 Å². The highest BCUT2D eigenvalue weighted by atomic mass is 32.2. The van der Waals surface area contributed by atoms with Crippen LogP contribution in [0.2, 0.25) is 0 Å². The standard InChI is InChI=1S/C12H19N5O2S/c1-9(2)6-11-14-10(16-19-11)7-20-12-15-13-8-17(12)4-5-18-3/h8-9H,4-7H2,1-3H3. The van der Waals surface area contributed by atoms with Gasteiger partial charge in [-0.3, -0.25) is 0 Å². The number of thioether (sulfide) groups is 1. The van der Waals surface area contributed by atoms with E-state index < -0.39 is 0 Å². The molecule has 0 aliphatic carbocycles. The second kappa shape index (κ2) is 7.39. The molecule has 7 nitrogen and oxygen atoms in total. The van der Waals surface area contributed by atoms with Crippen LogP contribution in [-0.4, -0.2) is 38.6 Å². The Hall–Kier alpha value is -1.41. The van der Waals surface area contributed by atoms with Gasteiger partial charge in [0.05, 0.1) is 12.4 Å². The summed E-state index contributed by atoms with van der Waals surface area (Å²) in [6.07, 6.45) is 2.50. The first-order chi connectivity index (χ1) is 9.69. The van der Waals surface area contributed by atoms with Crippen LogP contribution in [0.15, 0.2) is 16.0 Å².